The van der Waals surface area contributed by atoms with Crippen molar-refractivity contribution in [2.75, 3.05) is 13.1 Å². The highest BCUT2D eigenvalue weighted by Crippen LogP contribution is 2.12. The monoisotopic (exact) mass is 236 g/mol. The van der Waals surface area contributed by atoms with E-state index in [-0.39, 0.29) is 12.4 Å². The van der Waals surface area contributed by atoms with E-state index in [9.17, 15) is 0 Å². The van der Waals surface area contributed by atoms with Gasteiger partial charge in [-0.1, -0.05) is 18.2 Å². The van der Waals surface area contributed by atoms with Gasteiger partial charge in [-0.3, -0.25) is 9.67 Å². The van der Waals surface area contributed by atoms with E-state index >= 15 is 0 Å². The maximum absolute atomic E-state index is 4.36. The number of rotatable bonds is 2. The van der Waals surface area contributed by atoms with Gasteiger partial charge in [0.25, 0.3) is 0 Å². The van der Waals surface area contributed by atoms with Gasteiger partial charge in [0.15, 0.2) is 0 Å². The molecule has 2 aromatic rings. The summed E-state index contributed by atoms with van der Waals surface area (Å²) in [6.45, 7) is 2.58. The molecule has 1 N–H and O–H groups in total. The lowest BCUT2D eigenvalue weighted by molar-refractivity contribution is 0.739. The maximum Gasteiger partial charge on any atom is 0.118 e. The van der Waals surface area contributed by atoms with E-state index in [1.165, 1.54) is 5.39 Å². The second-order valence-electron chi connectivity index (χ2n) is 3.62. The summed E-state index contributed by atoms with van der Waals surface area (Å²) < 4.78 is 1.98. The largest absolute Gasteiger partial charge is 0.370 e. The fraction of sp³-hybridized carbons (Fsp3) is 0.273. The summed E-state index contributed by atoms with van der Waals surface area (Å²) >= 11 is 0. The predicted molar refractivity (Wildman–Crippen MR) is 67.3 cm³/mol. The molecule has 0 spiro atoms. The van der Waals surface area contributed by atoms with E-state index in [1.807, 2.05) is 23.0 Å². The average molecular weight is 237 g/mol. The van der Waals surface area contributed by atoms with Crippen LogP contribution < -0.4 is 5.32 Å². The zero-order valence-corrected chi connectivity index (χ0v) is 9.57. The zero-order chi connectivity index (χ0) is 10.1. The molecule has 1 aromatic carbocycles. The van der Waals surface area contributed by atoms with Crippen LogP contribution in [0.1, 0.15) is 0 Å². The summed E-state index contributed by atoms with van der Waals surface area (Å²) in [5, 5.41) is 8.78. The maximum atomic E-state index is 4.36. The van der Waals surface area contributed by atoms with Crippen LogP contribution in [0.3, 0.4) is 0 Å². The lowest BCUT2D eigenvalue weighted by atomic mass is 10.2. The minimum Gasteiger partial charge on any atom is -0.370 e. The first-order chi connectivity index (χ1) is 7.43. The molecule has 84 valence electrons. The summed E-state index contributed by atoms with van der Waals surface area (Å²) in [6, 6.07) is 8.21. The number of aliphatic imine (C=N–C) groups is 1. The van der Waals surface area contributed by atoms with Crippen LogP contribution in [0.25, 0.3) is 10.9 Å². The normalized spacial score (nSPS) is 14.4. The number of hydrogen-bond acceptors (Lipinski definition) is 3. The van der Waals surface area contributed by atoms with Gasteiger partial charge < -0.3 is 5.32 Å². The van der Waals surface area contributed by atoms with Crippen LogP contribution in [-0.4, -0.2) is 28.7 Å². The average Bonchev–Trinajstić information content (AvgIpc) is 2.89. The van der Waals surface area contributed by atoms with Gasteiger partial charge >= 0.3 is 0 Å². The van der Waals surface area contributed by atoms with E-state index < -0.39 is 0 Å². The molecule has 5 heteroatoms. The van der Waals surface area contributed by atoms with Crippen LogP contribution in [0.5, 0.6) is 0 Å². The molecule has 0 saturated carbocycles. The fourth-order valence-electron chi connectivity index (χ4n) is 1.85. The first-order valence-electron chi connectivity index (χ1n) is 5.11. The van der Waals surface area contributed by atoms with Crippen LogP contribution in [0.4, 0.5) is 0 Å². The second-order valence-corrected chi connectivity index (χ2v) is 3.62. The molecule has 0 amide bonds. The quantitative estimate of drug-likeness (QED) is 0.858. The summed E-state index contributed by atoms with van der Waals surface area (Å²) in [6.07, 6.45) is 1.89. The van der Waals surface area contributed by atoms with Crippen molar-refractivity contribution >= 4 is 29.1 Å². The highest BCUT2D eigenvalue weighted by atomic mass is 35.5. The van der Waals surface area contributed by atoms with Crippen LogP contribution in [-0.2, 0) is 6.54 Å². The van der Waals surface area contributed by atoms with Gasteiger partial charge in [-0.05, 0) is 6.07 Å². The van der Waals surface area contributed by atoms with Crippen LogP contribution in [0, 0.1) is 0 Å². The molecular formula is C11H13ClN4. The molecule has 0 fully saturated rings. The molecule has 0 bridgehead atoms. The van der Waals surface area contributed by atoms with Gasteiger partial charge in [0.2, 0.25) is 0 Å². The third-order valence-electron chi connectivity index (χ3n) is 2.59. The molecule has 3 rings (SSSR count). The summed E-state index contributed by atoms with van der Waals surface area (Å²) in [4.78, 5) is 4.36. The molecular weight excluding hydrogens is 224 g/mol. The standard InChI is InChI=1S/C11H12N4.ClH/c1-2-4-10-9(3-1)7-14-15(10)8-11-12-5-6-13-11;/h1-4,7H,5-6,8H2,(H,12,13);1H. The molecule has 4 nitrogen and oxygen atoms in total. The van der Waals surface area contributed by atoms with Gasteiger partial charge in [-0.2, -0.15) is 5.10 Å². The lowest BCUT2D eigenvalue weighted by Crippen LogP contribution is -2.23. The number of hydrogen-bond donors (Lipinski definition) is 1. The Bertz CT molecular complexity index is 517. The number of amidine groups is 1. The molecule has 0 radical (unpaired) electrons. The Hall–Kier alpha value is -1.55. The molecule has 16 heavy (non-hydrogen) atoms. The van der Waals surface area contributed by atoms with Gasteiger partial charge in [0, 0.05) is 11.9 Å². The Morgan fingerprint density at radius 1 is 1.31 bits per heavy atom. The third-order valence-corrected chi connectivity index (χ3v) is 2.59. The van der Waals surface area contributed by atoms with E-state index in [2.05, 4.69) is 27.5 Å². The summed E-state index contributed by atoms with van der Waals surface area (Å²) in [5.41, 5.74) is 1.16. The van der Waals surface area contributed by atoms with E-state index in [1.54, 1.807) is 0 Å². The SMILES string of the molecule is Cl.c1ccc2c(c1)cnn2CC1=NCCN1. The first-order valence-corrected chi connectivity index (χ1v) is 5.11. The number of nitrogens with zero attached hydrogens (tertiary/aromatic N) is 3. The third kappa shape index (κ3) is 1.88. The van der Waals surface area contributed by atoms with Crippen molar-refractivity contribution in [1.29, 1.82) is 0 Å². The smallest absolute Gasteiger partial charge is 0.118 e. The Morgan fingerprint density at radius 3 is 3.00 bits per heavy atom. The van der Waals surface area contributed by atoms with Gasteiger partial charge in [0.1, 0.15) is 5.84 Å². The molecule has 0 saturated heterocycles. The molecule has 1 aromatic heterocycles. The van der Waals surface area contributed by atoms with Crippen molar-refractivity contribution in [3.05, 3.63) is 30.5 Å². The minimum atomic E-state index is 0. The Labute approximate surface area is 99.8 Å². The van der Waals surface area contributed by atoms with Crippen LogP contribution in [0.2, 0.25) is 0 Å². The second kappa shape index (κ2) is 4.53. The number of nitrogens with one attached hydrogen (secondary N) is 1. The van der Waals surface area contributed by atoms with Gasteiger partial charge in [-0.15, -0.1) is 12.4 Å². The van der Waals surface area contributed by atoms with Crippen LogP contribution in [0.15, 0.2) is 35.5 Å². The Balaban J connectivity index is 0.000000963. The molecule has 1 aliphatic heterocycles. The number of fused-ring (bicyclic) bond motifs is 1. The number of benzene rings is 1. The topological polar surface area (TPSA) is 42.2 Å². The fourth-order valence-corrected chi connectivity index (χ4v) is 1.85. The first kappa shape index (κ1) is 11.0. The van der Waals surface area contributed by atoms with Crippen molar-refractivity contribution in [2.24, 2.45) is 4.99 Å². The molecule has 2 heterocycles. The van der Waals surface area contributed by atoms with Gasteiger partial charge in [0.05, 0.1) is 24.8 Å². The molecule has 0 aliphatic carbocycles. The van der Waals surface area contributed by atoms with Crippen molar-refractivity contribution in [3.8, 4) is 0 Å². The van der Waals surface area contributed by atoms with E-state index in [4.69, 9.17) is 0 Å². The Kier molecular flexibility index (Phi) is 3.10. The van der Waals surface area contributed by atoms with Crippen molar-refractivity contribution in [1.82, 2.24) is 15.1 Å². The minimum absolute atomic E-state index is 0. The molecule has 0 unspecified atom stereocenters. The van der Waals surface area contributed by atoms with Crippen molar-refractivity contribution in [3.63, 3.8) is 0 Å². The molecule has 0 atom stereocenters. The van der Waals surface area contributed by atoms with Crippen LogP contribution >= 0.6 is 12.4 Å². The van der Waals surface area contributed by atoms with E-state index in [0.29, 0.717) is 0 Å². The number of aromatic nitrogens is 2. The predicted octanol–water partition coefficient (Wildman–Crippen LogP) is 1.46. The summed E-state index contributed by atoms with van der Waals surface area (Å²) in [5.74, 6) is 1.03. The van der Waals surface area contributed by atoms with E-state index in [0.717, 1.165) is 31.0 Å². The molecule has 1 aliphatic rings. The number of para-hydroxylation sites is 1. The zero-order valence-electron chi connectivity index (χ0n) is 8.76. The lowest BCUT2D eigenvalue weighted by Gasteiger charge is -2.03. The van der Waals surface area contributed by atoms with Crippen molar-refractivity contribution < 1.29 is 0 Å². The van der Waals surface area contributed by atoms with Gasteiger partial charge in [-0.25, -0.2) is 0 Å². The highest BCUT2D eigenvalue weighted by molar-refractivity contribution is 5.86. The van der Waals surface area contributed by atoms with Crippen molar-refractivity contribution in [2.45, 2.75) is 6.54 Å². The highest BCUT2D eigenvalue weighted by Gasteiger charge is 2.08. The Morgan fingerprint density at radius 2 is 2.19 bits per heavy atom. The summed E-state index contributed by atoms with van der Waals surface area (Å²) in [7, 11) is 0. The number of halogens is 1.